The van der Waals surface area contributed by atoms with Crippen molar-refractivity contribution in [1.29, 1.82) is 0 Å². The zero-order chi connectivity index (χ0) is 13.9. The summed E-state index contributed by atoms with van der Waals surface area (Å²) < 4.78 is 42.9. The Labute approximate surface area is 108 Å². The highest BCUT2D eigenvalue weighted by atomic mass is 19.4. The third-order valence-electron chi connectivity index (χ3n) is 2.95. The number of anilines is 2. The number of halogens is 3. The lowest BCUT2D eigenvalue weighted by atomic mass is 10.0. The molecule has 5 nitrogen and oxygen atoms in total. The molecule has 1 aliphatic heterocycles. The van der Waals surface area contributed by atoms with Gasteiger partial charge in [-0.05, 0) is 18.8 Å². The van der Waals surface area contributed by atoms with Gasteiger partial charge in [0.15, 0.2) is 5.69 Å². The molecule has 0 aliphatic carbocycles. The van der Waals surface area contributed by atoms with Gasteiger partial charge >= 0.3 is 6.18 Å². The van der Waals surface area contributed by atoms with Gasteiger partial charge in [0.25, 0.3) is 0 Å². The van der Waals surface area contributed by atoms with Crippen LogP contribution in [-0.2, 0) is 10.9 Å². The standard InChI is InChI=1S/C11H15F3N4O/c12-11(13,14)8-5-9(18-10(15)17-8)16-6-7-1-3-19-4-2-7/h5,7H,1-4,6H2,(H3,15,16,17,18). The van der Waals surface area contributed by atoms with Crippen molar-refractivity contribution in [3.8, 4) is 0 Å². The molecular formula is C11H15F3N4O. The van der Waals surface area contributed by atoms with Crippen LogP contribution in [0.3, 0.4) is 0 Å². The zero-order valence-electron chi connectivity index (χ0n) is 10.2. The van der Waals surface area contributed by atoms with E-state index in [1.165, 1.54) is 0 Å². The van der Waals surface area contributed by atoms with Crippen molar-refractivity contribution in [2.24, 2.45) is 5.92 Å². The Balaban J connectivity index is 2.01. The van der Waals surface area contributed by atoms with Crippen LogP contribution in [0, 0.1) is 5.92 Å². The van der Waals surface area contributed by atoms with Crippen molar-refractivity contribution < 1.29 is 17.9 Å². The van der Waals surface area contributed by atoms with E-state index in [1.54, 1.807) is 0 Å². The first-order chi connectivity index (χ1) is 8.95. The second kappa shape index (κ2) is 5.60. The molecule has 1 fully saturated rings. The molecule has 0 bridgehead atoms. The van der Waals surface area contributed by atoms with Crippen LogP contribution in [0.5, 0.6) is 0 Å². The first-order valence-electron chi connectivity index (χ1n) is 5.98. The van der Waals surface area contributed by atoms with Gasteiger partial charge in [0, 0.05) is 25.8 Å². The number of hydrogen-bond acceptors (Lipinski definition) is 5. The fourth-order valence-electron chi connectivity index (χ4n) is 1.90. The number of nitrogens with two attached hydrogens (primary N) is 1. The second-order valence-electron chi connectivity index (χ2n) is 4.43. The highest BCUT2D eigenvalue weighted by Gasteiger charge is 2.33. The van der Waals surface area contributed by atoms with Gasteiger partial charge in [0.1, 0.15) is 5.82 Å². The number of hydrogen-bond donors (Lipinski definition) is 2. The molecular weight excluding hydrogens is 261 g/mol. The van der Waals surface area contributed by atoms with Gasteiger partial charge in [-0.2, -0.15) is 18.2 Å². The van der Waals surface area contributed by atoms with E-state index in [4.69, 9.17) is 10.5 Å². The maximum atomic E-state index is 12.6. The number of rotatable bonds is 3. The highest BCUT2D eigenvalue weighted by molar-refractivity contribution is 5.41. The molecule has 3 N–H and O–H groups in total. The van der Waals surface area contributed by atoms with Crippen molar-refractivity contribution in [3.63, 3.8) is 0 Å². The SMILES string of the molecule is Nc1nc(NCC2CCOCC2)cc(C(F)(F)F)n1. The molecule has 2 rings (SSSR count). The van der Waals surface area contributed by atoms with Crippen molar-refractivity contribution in [3.05, 3.63) is 11.8 Å². The lowest BCUT2D eigenvalue weighted by Gasteiger charge is -2.22. The normalized spacial score (nSPS) is 17.4. The predicted octanol–water partition coefficient (Wildman–Crippen LogP) is 1.92. The Bertz CT molecular complexity index is 432. The molecule has 0 saturated carbocycles. The molecule has 106 valence electrons. The van der Waals surface area contributed by atoms with Crippen LogP contribution in [0.15, 0.2) is 6.07 Å². The minimum absolute atomic E-state index is 0.103. The second-order valence-corrected chi connectivity index (χ2v) is 4.43. The maximum absolute atomic E-state index is 12.6. The molecule has 19 heavy (non-hydrogen) atoms. The van der Waals surface area contributed by atoms with E-state index < -0.39 is 11.9 Å². The lowest BCUT2D eigenvalue weighted by Crippen LogP contribution is -2.23. The van der Waals surface area contributed by atoms with E-state index in [9.17, 15) is 13.2 Å². The molecule has 1 aromatic heterocycles. The Morgan fingerprint density at radius 1 is 1.32 bits per heavy atom. The number of alkyl halides is 3. The summed E-state index contributed by atoms with van der Waals surface area (Å²) in [5.74, 6) is 0.0925. The van der Waals surface area contributed by atoms with Crippen LogP contribution < -0.4 is 11.1 Å². The van der Waals surface area contributed by atoms with Gasteiger partial charge in [-0.3, -0.25) is 0 Å². The molecule has 1 aliphatic rings. The van der Waals surface area contributed by atoms with Gasteiger partial charge in [-0.1, -0.05) is 0 Å². The Kier molecular flexibility index (Phi) is 4.08. The van der Waals surface area contributed by atoms with Crippen molar-refractivity contribution in [2.75, 3.05) is 30.8 Å². The van der Waals surface area contributed by atoms with Crippen LogP contribution in [-0.4, -0.2) is 29.7 Å². The number of nitrogen functional groups attached to an aromatic ring is 1. The molecule has 0 radical (unpaired) electrons. The molecule has 0 aromatic carbocycles. The van der Waals surface area contributed by atoms with Crippen LogP contribution >= 0.6 is 0 Å². The van der Waals surface area contributed by atoms with Crippen LogP contribution in [0.2, 0.25) is 0 Å². The Morgan fingerprint density at radius 3 is 2.63 bits per heavy atom. The third-order valence-corrected chi connectivity index (χ3v) is 2.95. The summed E-state index contributed by atoms with van der Waals surface area (Å²) in [5.41, 5.74) is 4.25. The molecule has 0 unspecified atom stereocenters. The van der Waals surface area contributed by atoms with Gasteiger partial charge in [0.05, 0.1) is 0 Å². The zero-order valence-corrected chi connectivity index (χ0v) is 10.2. The highest BCUT2D eigenvalue weighted by Crippen LogP contribution is 2.29. The Hall–Kier alpha value is -1.57. The summed E-state index contributed by atoms with van der Waals surface area (Å²) >= 11 is 0. The summed E-state index contributed by atoms with van der Waals surface area (Å²) in [6, 6.07) is 0.871. The number of ether oxygens (including phenoxy) is 1. The molecule has 0 spiro atoms. The molecule has 1 aromatic rings. The first-order valence-corrected chi connectivity index (χ1v) is 5.98. The van der Waals surface area contributed by atoms with Crippen LogP contribution in [0.1, 0.15) is 18.5 Å². The average Bonchev–Trinajstić information content (AvgIpc) is 2.36. The quantitative estimate of drug-likeness (QED) is 0.882. The summed E-state index contributed by atoms with van der Waals surface area (Å²) in [6.07, 6.45) is -2.74. The summed E-state index contributed by atoms with van der Waals surface area (Å²) in [5, 5.41) is 2.88. The van der Waals surface area contributed by atoms with Gasteiger partial charge in [-0.25, -0.2) is 4.98 Å². The largest absolute Gasteiger partial charge is 0.433 e. The average molecular weight is 276 g/mol. The fraction of sp³-hybridized carbons (Fsp3) is 0.636. The van der Waals surface area contributed by atoms with E-state index in [0.717, 1.165) is 18.9 Å². The molecule has 1 saturated heterocycles. The van der Waals surface area contributed by atoms with Crippen molar-refractivity contribution in [1.82, 2.24) is 9.97 Å². The van der Waals surface area contributed by atoms with E-state index in [2.05, 4.69) is 15.3 Å². The smallest absolute Gasteiger partial charge is 0.381 e. The number of nitrogens with one attached hydrogen (secondary N) is 1. The third kappa shape index (κ3) is 3.95. The number of nitrogens with zero attached hydrogens (tertiary/aromatic N) is 2. The van der Waals surface area contributed by atoms with E-state index in [-0.39, 0.29) is 11.8 Å². The molecule has 0 amide bonds. The fourth-order valence-corrected chi connectivity index (χ4v) is 1.90. The minimum atomic E-state index is -4.52. The van der Waals surface area contributed by atoms with Gasteiger partial charge in [-0.15, -0.1) is 0 Å². The first kappa shape index (κ1) is 13.9. The van der Waals surface area contributed by atoms with Crippen molar-refractivity contribution >= 4 is 11.8 Å². The molecule has 2 heterocycles. The lowest BCUT2D eigenvalue weighted by molar-refractivity contribution is -0.141. The number of aromatic nitrogens is 2. The van der Waals surface area contributed by atoms with E-state index >= 15 is 0 Å². The topological polar surface area (TPSA) is 73.1 Å². The van der Waals surface area contributed by atoms with Crippen molar-refractivity contribution in [2.45, 2.75) is 19.0 Å². The minimum Gasteiger partial charge on any atom is -0.381 e. The van der Waals surface area contributed by atoms with Crippen LogP contribution in [0.4, 0.5) is 24.9 Å². The molecule has 8 heteroatoms. The van der Waals surface area contributed by atoms with Gasteiger partial charge < -0.3 is 15.8 Å². The summed E-state index contributed by atoms with van der Waals surface area (Å²) in [7, 11) is 0. The summed E-state index contributed by atoms with van der Waals surface area (Å²) in [6.45, 7) is 1.93. The summed E-state index contributed by atoms with van der Waals surface area (Å²) in [4.78, 5) is 6.94. The Morgan fingerprint density at radius 2 is 2.00 bits per heavy atom. The van der Waals surface area contributed by atoms with Gasteiger partial charge in [0.2, 0.25) is 5.95 Å². The van der Waals surface area contributed by atoms with E-state index in [1.807, 2.05) is 0 Å². The molecule has 0 atom stereocenters. The maximum Gasteiger partial charge on any atom is 0.433 e. The van der Waals surface area contributed by atoms with Crippen LogP contribution in [0.25, 0.3) is 0 Å². The predicted molar refractivity (Wildman–Crippen MR) is 63.5 cm³/mol. The monoisotopic (exact) mass is 276 g/mol. The van der Waals surface area contributed by atoms with E-state index in [0.29, 0.717) is 25.7 Å².